The van der Waals surface area contributed by atoms with Gasteiger partial charge in [-0.3, -0.25) is 0 Å². The van der Waals surface area contributed by atoms with Crippen molar-refractivity contribution in [2.75, 3.05) is 18.9 Å². The average Bonchev–Trinajstić information content (AvgIpc) is 2.84. The smallest absolute Gasteiger partial charge is 0.142 e. The van der Waals surface area contributed by atoms with Crippen LogP contribution in [0, 0.1) is 0 Å². The second-order valence-electron chi connectivity index (χ2n) is 9.94. The molecule has 0 radical (unpaired) electrons. The third-order valence-corrected chi connectivity index (χ3v) is 6.83. The Balaban J connectivity index is 2.07. The van der Waals surface area contributed by atoms with Gasteiger partial charge in [-0.05, 0) is 71.2 Å². The molecule has 0 amide bonds. The molecule has 4 heteroatoms. The van der Waals surface area contributed by atoms with Crippen LogP contribution < -0.4 is 16.2 Å². The van der Waals surface area contributed by atoms with Crippen molar-refractivity contribution < 1.29 is 9.84 Å². The third-order valence-electron chi connectivity index (χ3n) is 6.83. The van der Waals surface area contributed by atoms with Crippen LogP contribution in [0.25, 0.3) is 0 Å². The topological polar surface area (TPSA) is 81.5 Å². The fourth-order valence-electron chi connectivity index (χ4n) is 5.26. The van der Waals surface area contributed by atoms with E-state index >= 15 is 0 Å². The quantitative estimate of drug-likeness (QED) is 0.209. The molecule has 0 saturated carbocycles. The summed E-state index contributed by atoms with van der Waals surface area (Å²) in [6, 6.07) is 18.6. The van der Waals surface area contributed by atoms with E-state index in [9.17, 15) is 5.11 Å². The minimum absolute atomic E-state index is 0.103. The van der Waals surface area contributed by atoms with E-state index in [4.69, 9.17) is 16.2 Å². The van der Waals surface area contributed by atoms with Crippen LogP contribution in [0.4, 0.5) is 5.69 Å². The highest BCUT2D eigenvalue weighted by Gasteiger charge is 2.29. The van der Waals surface area contributed by atoms with Crippen molar-refractivity contribution in [3.8, 4) is 11.5 Å². The first kappa shape index (κ1) is 26.6. The molecular weight excluding hydrogens is 432 g/mol. The lowest BCUT2D eigenvalue weighted by atomic mass is 9.76. The maximum atomic E-state index is 11.3. The number of ether oxygens (including phenoxy) is 1. The number of hydrogen-bond donors (Lipinski definition) is 3. The summed E-state index contributed by atoms with van der Waals surface area (Å²) < 4.78 is 6.19. The Morgan fingerprint density at radius 1 is 0.829 bits per heavy atom. The summed E-state index contributed by atoms with van der Waals surface area (Å²) in [6.45, 7) is 12.0. The van der Waals surface area contributed by atoms with E-state index in [0.29, 0.717) is 18.8 Å². The second kappa shape index (κ2) is 12.1. The van der Waals surface area contributed by atoms with Crippen molar-refractivity contribution in [2.45, 2.75) is 71.6 Å². The van der Waals surface area contributed by atoms with Crippen LogP contribution in [-0.4, -0.2) is 18.3 Å². The molecule has 3 aromatic rings. The minimum Gasteiger partial charge on any atom is -0.505 e. The van der Waals surface area contributed by atoms with E-state index in [0.717, 1.165) is 36.1 Å². The molecule has 35 heavy (non-hydrogen) atoms. The molecule has 3 aromatic carbocycles. The Morgan fingerprint density at radius 2 is 1.46 bits per heavy atom. The van der Waals surface area contributed by atoms with Gasteiger partial charge in [0.05, 0.1) is 12.3 Å². The number of aromatic hydroxyl groups is 1. The lowest BCUT2D eigenvalue weighted by Crippen LogP contribution is -2.17. The summed E-state index contributed by atoms with van der Waals surface area (Å²) in [5.74, 6) is 1.61. The lowest BCUT2D eigenvalue weighted by molar-refractivity contribution is 0.320. The predicted molar refractivity (Wildman–Crippen MR) is 148 cm³/mol. The van der Waals surface area contributed by atoms with Gasteiger partial charge in [0.25, 0.3) is 0 Å². The van der Waals surface area contributed by atoms with Gasteiger partial charge in [0.2, 0.25) is 0 Å². The molecule has 0 aromatic heterocycles. The van der Waals surface area contributed by atoms with Crippen molar-refractivity contribution in [2.24, 2.45) is 5.73 Å². The molecule has 0 bridgehead atoms. The van der Waals surface area contributed by atoms with Crippen LogP contribution in [0.1, 0.15) is 92.2 Å². The van der Waals surface area contributed by atoms with Crippen LogP contribution in [0.3, 0.4) is 0 Å². The summed E-state index contributed by atoms with van der Waals surface area (Å²) in [5.41, 5.74) is 19.8. The first-order valence-electron chi connectivity index (χ1n) is 12.9. The molecule has 0 aliphatic carbocycles. The molecule has 0 aliphatic heterocycles. The molecule has 0 spiro atoms. The second-order valence-corrected chi connectivity index (χ2v) is 9.94. The number of phenols is 1. The molecule has 0 unspecified atom stereocenters. The first-order valence-corrected chi connectivity index (χ1v) is 12.9. The van der Waals surface area contributed by atoms with E-state index in [2.05, 4.69) is 71.0 Å². The number of rotatable bonds is 11. The molecular formula is C31H42N2O2. The van der Waals surface area contributed by atoms with Crippen LogP contribution in [0.5, 0.6) is 11.5 Å². The van der Waals surface area contributed by atoms with Gasteiger partial charge in [0, 0.05) is 17.9 Å². The Labute approximate surface area is 211 Å². The van der Waals surface area contributed by atoms with Gasteiger partial charge >= 0.3 is 0 Å². The van der Waals surface area contributed by atoms with E-state index in [1.807, 2.05) is 18.2 Å². The van der Waals surface area contributed by atoms with Crippen molar-refractivity contribution in [3.63, 3.8) is 0 Å². The SMILES string of the molecule is CC[C@H](c1ccccc1)c1c(N)c(O)c(C(C)C)c(C(C)C)c1CCOc1ccc(CCN)cc1. The third kappa shape index (κ3) is 5.99. The molecule has 0 saturated heterocycles. The van der Waals surface area contributed by atoms with Crippen LogP contribution in [-0.2, 0) is 12.8 Å². The molecule has 0 heterocycles. The highest BCUT2D eigenvalue weighted by Crippen LogP contribution is 2.47. The summed E-state index contributed by atoms with van der Waals surface area (Å²) in [7, 11) is 0. The number of anilines is 1. The summed E-state index contributed by atoms with van der Waals surface area (Å²) in [6.07, 6.45) is 2.48. The number of phenolic OH excluding ortho intramolecular Hbond substituents is 1. The summed E-state index contributed by atoms with van der Waals surface area (Å²) in [5, 5.41) is 11.3. The summed E-state index contributed by atoms with van der Waals surface area (Å²) >= 11 is 0. The fraction of sp³-hybridized carbons (Fsp3) is 0.419. The zero-order valence-corrected chi connectivity index (χ0v) is 22.0. The van der Waals surface area contributed by atoms with Gasteiger partial charge in [0.15, 0.2) is 0 Å². The van der Waals surface area contributed by atoms with Crippen molar-refractivity contribution in [3.05, 3.63) is 88.0 Å². The zero-order chi connectivity index (χ0) is 25.5. The Kier molecular flexibility index (Phi) is 9.22. The van der Waals surface area contributed by atoms with E-state index in [1.165, 1.54) is 22.3 Å². The molecule has 0 fully saturated rings. The molecule has 3 rings (SSSR count). The van der Waals surface area contributed by atoms with E-state index in [-0.39, 0.29) is 23.5 Å². The number of hydrogen-bond acceptors (Lipinski definition) is 4. The highest BCUT2D eigenvalue weighted by atomic mass is 16.5. The van der Waals surface area contributed by atoms with Crippen molar-refractivity contribution in [1.82, 2.24) is 0 Å². The lowest BCUT2D eigenvalue weighted by Gasteiger charge is -2.30. The Hall–Kier alpha value is -2.98. The van der Waals surface area contributed by atoms with Crippen molar-refractivity contribution in [1.29, 1.82) is 0 Å². The molecule has 0 aliphatic rings. The molecule has 4 nitrogen and oxygen atoms in total. The first-order chi connectivity index (χ1) is 16.8. The van der Waals surface area contributed by atoms with E-state index < -0.39 is 0 Å². The number of nitrogen functional groups attached to an aromatic ring is 1. The maximum absolute atomic E-state index is 11.3. The van der Waals surface area contributed by atoms with Crippen LogP contribution >= 0.6 is 0 Å². The van der Waals surface area contributed by atoms with Gasteiger partial charge in [-0.25, -0.2) is 0 Å². The fourth-order valence-corrected chi connectivity index (χ4v) is 5.26. The Morgan fingerprint density at radius 3 is 2.00 bits per heavy atom. The molecule has 1 atom stereocenters. The molecule has 5 N–H and O–H groups in total. The van der Waals surface area contributed by atoms with Gasteiger partial charge < -0.3 is 21.3 Å². The number of benzene rings is 3. The van der Waals surface area contributed by atoms with Crippen LogP contribution in [0.2, 0.25) is 0 Å². The maximum Gasteiger partial charge on any atom is 0.142 e. The normalized spacial score (nSPS) is 12.3. The van der Waals surface area contributed by atoms with Crippen molar-refractivity contribution >= 4 is 5.69 Å². The average molecular weight is 475 g/mol. The van der Waals surface area contributed by atoms with Crippen LogP contribution in [0.15, 0.2) is 54.6 Å². The van der Waals surface area contributed by atoms with Gasteiger partial charge in [-0.1, -0.05) is 77.1 Å². The summed E-state index contributed by atoms with van der Waals surface area (Å²) in [4.78, 5) is 0. The van der Waals surface area contributed by atoms with Gasteiger partial charge in [0.1, 0.15) is 11.5 Å². The van der Waals surface area contributed by atoms with E-state index in [1.54, 1.807) is 0 Å². The predicted octanol–water partition coefficient (Wildman–Crippen LogP) is 6.89. The van der Waals surface area contributed by atoms with Gasteiger partial charge in [-0.2, -0.15) is 0 Å². The molecule has 188 valence electrons. The highest BCUT2D eigenvalue weighted by molar-refractivity contribution is 5.70. The Bertz CT molecular complexity index is 1090. The monoisotopic (exact) mass is 474 g/mol. The minimum atomic E-state index is 0.103. The number of nitrogens with two attached hydrogens (primary N) is 2. The largest absolute Gasteiger partial charge is 0.505 e. The standard InChI is InChI=1S/C31H42N2O2/c1-6-25(23-10-8-7-9-11-23)29-26(17-19-35-24-14-12-22(13-15-24)16-18-32)27(20(2)3)28(21(4)5)31(34)30(29)33/h7-15,20-21,25,34H,6,16-19,32-33H2,1-5H3/t25-/m1/s1. The van der Waals surface area contributed by atoms with Gasteiger partial charge in [-0.15, -0.1) is 0 Å². The zero-order valence-electron chi connectivity index (χ0n) is 22.0.